The summed E-state index contributed by atoms with van der Waals surface area (Å²) in [4.78, 5) is 16.4. The minimum Gasteiger partial charge on any atom is -0.338 e. The second kappa shape index (κ2) is 8.29. The summed E-state index contributed by atoms with van der Waals surface area (Å²) in [5.74, 6) is 0. The van der Waals surface area contributed by atoms with E-state index in [1.165, 1.54) is 0 Å². The average molecular weight is 349 g/mol. The zero-order valence-electron chi connectivity index (χ0n) is 15.0. The van der Waals surface area contributed by atoms with Gasteiger partial charge in [0.1, 0.15) is 0 Å². The van der Waals surface area contributed by atoms with Crippen molar-refractivity contribution in [2.24, 2.45) is 0 Å². The van der Waals surface area contributed by atoms with Crippen LogP contribution in [0.3, 0.4) is 0 Å². The van der Waals surface area contributed by atoms with E-state index in [1.807, 2.05) is 68.7 Å². The van der Waals surface area contributed by atoms with E-state index in [0.717, 1.165) is 28.9 Å². The first-order chi connectivity index (χ1) is 12.6. The van der Waals surface area contributed by atoms with E-state index in [4.69, 9.17) is 0 Å². The molecule has 0 radical (unpaired) electrons. The van der Waals surface area contributed by atoms with Crippen LogP contribution < -0.4 is 10.6 Å². The summed E-state index contributed by atoms with van der Waals surface area (Å²) in [6.45, 7) is 4.49. The van der Waals surface area contributed by atoms with Crippen molar-refractivity contribution in [3.05, 3.63) is 77.9 Å². The summed E-state index contributed by atoms with van der Waals surface area (Å²) in [5.41, 5.74) is 4.09. The molecule has 3 aromatic rings. The topological polar surface area (TPSA) is 71.8 Å². The lowest BCUT2D eigenvalue weighted by atomic mass is 10.1. The SMILES string of the molecule is Cc1ccc(CCNC(=O)NC(C)c2cccc(-n3cccn3)c2)cn1. The van der Waals surface area contributed by atoms with Gasteiger partial charge in [0.05, 0.1) is 11.7 Å². The van der Waals surface area contributed by atoms with E-state index in [0.29, 0.717) is 6.54 Å². The van der Waals surface area contributed by atoms with Crippen LogP contribution in [-0.4, -0.2) is 27.3 Å². The van der Waals surface area contributed by atoms with Crippen LogP contribution >= 0.6 is 0 Å². The first kappa shape index (κ1) is 17.7. The predicted molar refractivity (Wildman–Crippen MR) is 101 cm³/mol. The van der Waals surface area contributed by atoms with Gasteiger partial charge in [-0.3, -0.25) is 4.98 Å². The van der Waals surface area contributed by atoms with Gasteiger partial charge in [-0.15, -0.1) is 0 Å². The molecule has 2 heterocycles. The molecule has 2 N–H and O–H groups in total. The molecule has 0 spiro atoms. The Balaban J connectivity index is 1.51. The van der Waals surface area contributed by atoms with Crippen LogP contribution in [0.5, 0.6) is 0 Å². The molecule has 1 aromatic carbocycles. The summed E-state index contributed by atoms with van der Waals surface area (Å²) in [6, 6.07) is 13.6. The number of nitrogens with one attached hydrogen (secondary N) is 2. The number of nitrogens with zero attached hydrogens (tertiary/aromatic N) is 3. The molecule has 6 heteroatoms. The van der Waals surface area contributed by atoms with Gasteiger partial charge in [-0.1, -0.05) is 18.2 Å². The van der Waals surface area contributed by atoms with Gasteiger partial charge in [0.25, 0.3) is 0 Å². The summed E-state index contributed by atoms with van der Waals surface area (Å²) >= 11 is 0. The molecule has 0 aliphatic carbocycles. The van der Waals surface area contributed by atoms with Crippen molar-refractivity contribution in [2.75, 3.05) is 6.54 Å². The fourth-order valence-corrected chi connectivity index (χ4v) is 2.66. The Hall–Kier alpha value is -3.15. The number of hydrogen-bond donors (Lipinski definition) is 2. The van der Waals surface area contributed by atoms with E-state index in [-0.39, 0.29) is 12.1 Å². The Kier molecular flexibility index (Phi) is 5.63. The number of carbonyl (C=O) groups is 1. The van der Waals surface area contributed by atoms with Gasteiger partial charge in [0.15, 0.2) is 0 Å². The highest BCUT2D eigenvalue weighted by atomic mass is 16.2. The lowest BCUT2D eigenvalue weighted by Crippen LogP contribution is -2.38. The second-order valence-electron chi connectivity index (χ2n) is 6.23. The van der Waals surface area contributed by atoms with Gasteiger partial charge in [-0.2, -0.15) is 5.10 Å². The molecule has 0 bridgehead atoms. The fraction of sp³-hybridized carbons (Fsp3) is 0.250. The largest absolute Gasteiger partial charge is 0.338 e. The number of rotatable bonds is 6. The smallest absolute Gasteiger partial charge is 0.315 e. The van der Waals surface area contributed by atoms with Crippen LogP contribution in [-0.2, 0) is 6.42 Å². The molecule has 3 rings (SSSR count). The highest BCUT2D eigenvalue weighted by molar-refractivity contribution is 5.74. The van der Waals surface area contributed by atoms with Crippen molar-refractivity contribution >= 4 is 6.03 Å². The van der Waals surface area contributed by atoms with Crippen molar-refractivity contribution < 1.29 is 4.79 Å². The second-order valence-corrected chi connectivity index (χ2v) is 6.23. The minimum absolute atomic E-state index is 0.105. The Labute approximate surface area is 153 Å². The minimum atomic E-state index is -0.179. The summed E-state index contributed by atoms with van der Waals surface area (Å²) in [5, 5.41) is 10.1. The third-order valence-electron chi connectivity index (χ3n) is 4.16. The summed E-state index contributed by atoms with van der Waals surface area (Å²) in [7, 11) is 0. The molecule has 1 unspecified atom stereocenters. The third kappa shape index (κ3) is 4.69. The van der Waals surface area contributed by atoms with Crippen molar-refractivity contribution in [3.8, 4) is 5.69 Å². The Morgan fingerprint density at radius 2 is 2.12 bits per heavy atom. The highest BCUT2D eigenvalue weighted by Gasteiger charge is 2.10. The van der Waals surface area contributed by atoms with Gasteiger partial charge < -0.3 is 10.6 Å². The van der Waals surface area contributed by atoms with E-state index in [2.05, 4.69) is 20.7 Å². The molecule has 2 amide bonds. The predicted octanol–water partition coefficient (Wildman–Crippen LogP) is 3.18. The van der Waals surface area contributed by atoms with Crippen molar-refractivity contribution in [1.82, 2.24) is 25.4 Å². The Morgan fingerprint density at radius 3 is 2.85 bits per heavy atom. The van der Waals surface area contributed by atoms with Crippen LogP contribution in [0, 0.1) is 6.92 Å². The van der Waals surface area contributed by atoms with Crippen molar-refractivity contribution in [3.63, 3.8) is 0 Å². The number of aryl methyl sites for hydroxylation is 1. The molecule has 6 nitrogen and oxygen atoms in total. The molecule has 26 heavy (non-hydrogen) atoms. The van der Waals surface area contributed by atoms with Crippen LogP contribution in [0.15, 0.2) is 61.1 Å². The van der Waals surface area contributed by atoms with Gasteiger partial charge >= 0.3 is 6.03 Å². The molecule has 0 saturated carbocycles. The zero-order chi connectivity index (χ0) is 18.4. The van der Waals surface area contributed by atoms with Crippen molar-refractivity contribution in [2.45, 2.75) is 26.3 Å². The molecule has 134 valence electrons. The lowest BCUT2D eigenvalue weighted by molar-refractivity contribution is 0.238. The van der Waals surface area contributed by atoms with Crippen LogP contribution in [0.25, 0.3) is 5.69 Å². The number of carbonyl (C=O) groups excluding carboxylic acids is 1. The monoisotopic (exact) mass is 349 g/mol. The molecule has 2 aromatic heterocycles. The van der Waals surface area contributed by atoms with E-state index >= 15 is 0 Å². The maximum Gasteiger partial charge on any atom is 0.315 e. The van der Waals surface area contributed by atoms with Crippen LogP contribution in [0.1, 0.15) is 29.8 Å². The molecule has 0 aliphatic rings. The fourth-order valence-electron chi connectivity index (χ4n) is 2.66. The summed E-state index contributed by atoms with van der Waals surface area (Å²) < 4.78 is 1.80. The first-order valence-electron chi connectivity index (χ1n) is 8.68. The molecule has 0 fully saturated rings. The number of hydrogen-bond acceptors (Lipinski definition) is 3. The van der Waals surface area contributed by atoms with Crippen LogP contribution in [0.4, 0.5) is 4.79 Å². The van der Waals surface area contributed by atoms with Crippen LogP contribution in [0.2, 0.25) is 0 Å². The van der Waals surface area contributed by atoms with E-state index in [9.17, 15) is 4.79 Å². The molecule has 0 aliphatic heterocycles. The molecular weight excluding hydrogens is 326 g/mol. The van der Waals surface area contributed by atoms with Crippen molar-refractivity contribution in [1.29, 1.82) is 0 Å². The van der Waals surface area contributed by atoms with E-state index < -0.39 is 0 Å². The maximum absolute atomic E-state index is 12.1. The average Bonchev–Trinajstić information content (AvgIpc) is 3.18. The number of aromatic nitrogens is 3. The number of pyridine rings is 1. The summed E-state index contributed by atoms with van der Waals surface area (Å²) in [6.07, 6.45) is 6.23. The zero-order valence-corrected chi connectivity index (χ0v) is 15.0. The molecular formula is C20H23N5O. The lowest BCUT2D eigenvalue weighted by Gasteiger charge is -2.16. The normalized spacial score (nSPS) is 11.8. The quantitative estimate of drug-likeness (QED) is 0.718. The highest BCUT2D eigenvalue weighted by Crippen LogP contribution is 2.16. The van der Waals surface area contributed by atoms with Gasteiger partial charge in [0.2, 0.25) is 0 Å². The number of urea groups is 1. The standard InChI is InChI=1S/C20H23N5O/c1-15-7-8-17(14-22-15)9-11-21-20(26)24-16(2)18-5-3-6-19(13-18)25-12-4-10-23-25/h3-8,10,12-14,16H,9,11H2,1-2H3,(H2,21,24,26). The maximum atomic E-state index is 12.1. The Morgan fingerprint density at radius 1 is 1.23 bits per heavy atom. The first-order valence-corrected chi connectivity index (χ1v) is 8.68. The molecule has 1 atom stereocenters. The van der Waals surface area contributed by atoms with Gasteiger partial charge in [-0.25, -0.2) is 9.48 Å². The van der Waals surface area contributed by atoms with Gasteiger partial charge in [0, 0.05) is 30.8 Å². The molecule has 0 saturated heterocycles. The van der Waals surface area contributed by atoms with E-state index in [1.54, 1.807) is 10.9 Å². The van der Waals surface area contributed by atoms with Gasteiger partial charge in [-0.05, 0) is 55.7 Å². The third-order valence-corrected chi connectivity index (χ3v) is 4.16. The Bertz CT molecular complexity index is 843. The number of amides is 2. The number of benzene rings is 1.